The summed E-state index contributed by atoms with van der Waals surface area (Å²) < 4.78 is 4.47. The first-order valence-corrected chi connectivity index (χ1v) is 28.6. The Balaban J connectivity index is 0.871. The van der Waals surface area contributed by atoms with Crippen LogP contribution in [0.5, 0.6) is 0 Å². The Labute approximate surface area is 494 Å². The normalized spacial score (nSPS) is 11.8. The van der Waals surface area contributed by atoms with E-state index >= 15 is 0 Å². The number of aromatic nitrogens is 6. The number of hydrogen-bond acceptors (Lipinski definition) is 4. The molecule has 14 rings (SSSR count). The van der Waals surface area contributed by atoms with Gasteiger partial charge in [-0.05, 0) is 111 Å². The summed E-state index contributed by atoms with van der Waals surface area (Å²) in [6.07, 6.45) is 12.0. The van der Waals surface area contributed by atoms with Gasteiger partial charge in [-0.25, -0.2) is 19.9 Å². The average molecular weight is 1090 g/mol. The summed E-state index contributed by atoms with van der Waals surface area (Å²) in [5.74, 6) is 1.79. The highest BCUT2D eigenvalue weighted by Crippen LogP contribution is 2.40. The standard InChI is InChI=1S/C79H56N6/c1-4-5-8-19-53(2)30-31-54(3)68-50-51-69(65-49-40-55-20-13-14-21-64(55)52-65)77-76(68)82-74(60-41-32-56(33-42-60)58-36-45-62(46-37-58)78-80-70-26-15-17-28-72(70)84(78)66-22-9-6-10-23-66)75(83-77)61-43-34-57(35-44-61)59-38-47-63(48-39-59)79-81-71-27-16-18-29-73(71)85(79)67-24-11-7-12-25-67/h4-52H,2-3H2,1H3/b5-4-,19-8-,31-30-. The van der Waals surface area contributed by atoms with Gasteiger partial charge in [-0.15, -0.1) is 0 Å². The van der Waals surface area contributed by atoms with Crippen LogP contribution in [-0.2, 0) is 0 Å². The predicted octanol–water partition coefficient (Wildman–Crippen LogP) is 20.4. The van der Waals surface area contributed by atoms with Gasteiger partial charge >= 0.3 is 0 Å². The number of imidazole rings is 2. The first-order valence-electron chi connectivity index (χ1n) is 28.6. The Morgan fingerprint density at radius 3 is 1.31 bits per heavy atom. The highest BCUT2D eigenvalue weighted by Gasteiger charge is 2.21. The van der Waals surface area contributed by atoms with E-state index in [0.717, 1.165) is 145 Å². The number of hydrogen-bond donors (Lipinski definition) is 0. The van der Waals surface area contributed by atoms with E-state index in [1.165, 1.54) is 5.39 Å². The molecule has 11 aromatic carbocycles. The molecule has 0 N–H and O–H groups in total. The molecule has 0 unspecified atom stereocenters. The van der Waals surface area contributed by atoms with Gasteiger partial charge in [0.2, 0.25) is 0 Å². The maximum Gasteiger partial charge on any atom is 0.145 e. The third-order valence-electron chi connectivity index (χ3n) is 15.8. The molecule has 0 bridgehead atoms. The maximum atomic E-state index is 5.75. The van der Waals surface area contributed by atoms with Crippen molar-refractivity contribution in [3.05, 3.63) is 322 Å². The summed E-state index contributed by atoms with van der Waals surface area (Å²) >= 11 is 0. The predicted molar refractivity (Wildman–Crippen MR) is 356 cm³/mol. The molecule has 6 heteroatoms. The number of rotatable bonds is 14. The third-order valence-corrected chi connectivity index (χ3v) is 15.8. The van der Waals surface area contributed by atoms with Crippen molar-refractivity contribution >= 4 is 49.4 Å². The van der Waals surface area contributed by atoms with E-state index in [9.17, 15) is 0 Å². The average Bonchev–Trinajstić information content (AvgIpc) is 2.26. The highest BCUT2D eigenvalue weighted by molar-refractivity contribution is 6.03. The fourth-order valence-electron chi connectivity index (χ4n) is 11.4. The van der Waals surface area contributed by atoms with E-state index in [2.05, 4.69) is 259 Å². The van der Waals surface area contributed by atoms with Gasteiger partial charge in [-0.1, -0.05) is 256 Å². The number of fused-ring (bicyclic) bond motifs is 4. The smallest absolute Gasteiger partial charge is 0.145 e. The lowest BCUT2D eigenvalue weighted by molar-refractivity contribution is 1.10. The zero-order chi connectivity index (χ0) is 57.2. The van der Waals surface area contributed by atoms with Crippen molar-refractivity contribution in [1.82, 2.24) is 29.1 Å². The molecule has 0 atom stereocenters. The summed E-state index contributed by atoms with van der Waals surface area (Å²) in [6, 6.07) is 91.7. The molecule has 6 nitrogen and oxygen atoms in total. The zero-order valence-electron chi connectivity index (χ0n) is 46.9. The molecule has 0 aliphatic rings. The monoisotopic (exact) mass is 1090 g/mol. The largest absolute Gasteiger partial charge is 0.292 e. The van der Waals surface area contributed by atoms with E-state index in [-0.39, 0.29) is 0 Å². The number of benzene rings is 11. The van der Waals surface area contributed by atoms with Crippen molar-refractivity contribution in [3.8, 4) is 90.0 Å². The van der Waals surface area contributed by atoms with Gasteiger partial charge in [0.05, 0.1) is 44.5 Å². The lowest BCUT2D eigenvalue weighted by atomic mass is 9.94. The number of para-hydroxylation sites is 6. The number of allylic oxidation sites excluding steroid dienone is 8. The lowest BCUT2D eigenvalue weighted by Crippen LogP contribution is -2.00. The topological polar surface area (TPSA) is 61.4 Å². The maximum absolute atomic E-state index is 5.75. The molecule has 3 heterocycles. The van der Waals surface area contributed by atoms with Gasteiger partial charge in [0.15, 0.2) is 0 Å². The van der Waals surface area contributed by atoms with Crippen LogP contribution in [0.25, 0.3) is 139 Å². The summed E-state index contributed by atoms with van der Waals surface area (Å²) in [7, 11) is 0. The Kier molecular flexibility index (Phi) is 13.7. The van der Waals surface area contributed by atoms with Crippen LogP contribution < -0.4 is 0 Å². The fraction of sp³-hybridized carbons (Fsp3) is 0.0127. The Morgan fingerprint density at radius 1 is 0.353 bits per heavy atom. The van der Waals surface area contributed by atoms with E-state index in [1.54, 1.807) is 0 Å². The third kappa shape index (κ3) is 10.1. The molecule has 402 valence electrons. The minimum atomic E-state index is 0.757. The van der Waals surface area contributed by atoms with E-state index in [1.807, 2.05) is 67.6 Å². The SMILES string of the molecule is C=C(/C=C\C=C/C)/C=C\C(=C)c1ccc(-c2ccc3ccccc3c2)c2nc(-c3ccc(-c4ccc(-c5nc6ccccc6n5-c5ccccc5)cc4)cc3)c(-c3ccc(-c4ccc(-c5nc6ccccc6n5-c5ccccc5)cc4)cc3)nc12. The molecule has 3 aromatic heterocycles. The van der Waals surface area contributed by atoms with Crippen LogP contribution in [0, 0.1) is 0 Å². The molecular weight excluding hydrogens is 1030 g/mol. The lowest BCUT2D eigenvalue weighted by Gasteiger charge is -2.17. The van der Waals surface area contributed by atoms with E-state index in [0.29, 0.717) is 0 Å². The molecule has 0 spiro atoms. The van der Waals surface area contributed by atoms with Crippen molar-refractivity contribution in [2.24, 2.45) is 0 Å². The molecule has 0 aliphatic carbocycles. The summed E-state index contributed by atoms with van der Waals surface area (Å²) in [4.78, 5) is 21.7. The molecule has 0 saturated heterocycles. The van der Waals surface area contributed by atoms with Crippen LogP contribution in [0.1, 0.15) is 12.5 Å². The molecule has 0 amide bonds. The van der Waals surface area contributed by atoms with Gasteiger partial charge in [0.25, 0.3) is 0 Å². The van der Waals surface area contributed by atoms with Gasteiger partial charge < -0.3 is 0 Å². The molecule has 0 saturated carbocycles. The summed E-state index contributed by atoms with van der Waals surface area (Å²) in [5, 5.41) is 2.33. The Morgan fingerprint density at radius 2 is 0.788 bits per heavy atom. The second-order valence-corrected chi connectivity index (χ2v) is 21.2. The van der Waals surface area contributed by atoms with Crippen molar-refractivity contribution < 1.29 is 0 Å². The zero-order valence-corrected chi connectivity index (χ0v) is 46.9. The Hall–Kier alpha value is -11.3. The molecule has 85 heavy (non-hydrogen) atoms. The quantitative estimate of drug-likeness (QED) is 0.102. The first-order chi connectivity index (χ1) is 41.9. The molecular formula is C79H56N6. The van der Waals surface area contributed by atoms with Gasteiger partial charge in [-0.2, -0.15) is 0 Å². The van der Waals surface area contributed by atoms with E-state index in [4.69, 9.17) is 19.9 Å². The van der Waals surface area contributed by atoms with Crippen molar-refractivity contribution in [2.45, 2.75) is 6.92 Å². The number of nitrogens with zero attached hydrogens (tertiary/aromatic N) is 6. The molecule has 0 fully saturated rings. The minimum absolute atomic E-state index is 0.757. The van der Waals surface area contributed by atoms with Crippen molar-refractivity contribution in [2.75, 3.05) is 0 Å². The summed E-state index contributed by atoms with van der Waals surface area (Å²) in [6.45, 7) is 10.9. The van der Waals surface area contributed by atoms with Crippen LogP contribution in [0.15, 0.2) is 316 Å². The highest BCUT2D eigenvalue weighted by atomic mass is 15.1. The second kappa shape index (κ2) is 22.5. The molecule has 0 aliphatic heterocycles. The fourth-order valence-corrected chi connectivity index (χ4v) is 11.4. The van der Waals surface area contributed by atoms with Crippen LogP contribution in [0.4, 0.5) is 0 Å². The van der Waals surface area contributed by atoms with Crippen LogP contribution in [0.2, 0.25) is 0 Å². The molecule has 0 radical (unpaired) electrons. The van der Waals surface area contributed by atoms with Gasteiger partial charge in [0.1, 0.15) is 11.6 Å². The van der Waals surface area contributed by atoms with Crippen molar-refractivity contribution in [1.29, 1.82) is 0 Å². The van der Waals surface area contributed by atoms with Crippen LogP contribution >= 0.6 is 0 Å². The van der Waals surface area contributed by atoms with Crippen molar-refractivity contribution in [3.63, 3.8) is 0 Å². The van der Waals surface area contributed by atoms with Gasteiger partial charge in [-0.3, -0.25) is 9.13 Å². The Bertz CT molecular complexity index is 4930. The van der Waals surface area contributed by atoms with Crippen LogP contribution in [0.3, 0.4) is 0 Å². The first kappa shape index (κ1) is 51.8. The summed E-state index contributed by atoms with van der Waals surface area (Å²) in [5.41, 5.74) is 22.1. The second-order valence-electron chi connectivity index (χ2n) is 21.2. The van der Waals surface area contributed by atoms with E-state index < -0.39 is 0 Å². The van der Waals surface area contributed by atoms with Gasteiger partial charge in [0, 0.05) is 44.8 Å². The van der Waals surface area contributed by atoms with Crippen LogP contribution in [-0.4, -0.2) is 29.1 Å². The minimum Gasteiger partial charge on any atom is -0.292 e. The molecule has 14 aromatic rings.